The van der Waals surface area contributed by atoms with E-state index in [1.54, 1.807) is 31.2 Å². The lowest BCUT2D eigenvalue weighted by Gasteiger charge is -2.11. The highest BCUT2D eigenvalue weighted by atomic mass is 79.9. The fourth-order valence-corrected chi connectivity index (χ4v) is 4.83. The molecule has 0 spiro atoms. The zero-order chi connectivity index (χ0) is 25.5. The summed E-state index contributed by atoms with van der Waals surface area (Å²) in [6, 6.07) is 24.1. The van der Waals surface area contributed by atoms with Gasteiger partial charge in [0.2, 0.25) is 0 Å². The minimum absolute atomic E-state index is 0.0253. The van der Waals surface area contributed by atoms with Gasteiger partial charge in [-0.05, 0) is 49.4 Å². The highest BCUT2D eigenvalue weighted by molar-refractivity contribution is 9.10. The zero-order valence-corrected chi connectivity index (χ0v) is 21.7. The molecule has 0 unspecified atom stereocenters. The van der Waals surface area contributed by atoms with Crippen molar-refractivity contribution < 1.29 is 19.4 Å². The van der Waals surface area contributed by atoms with E-state index < -0.39 is 5.97 Å². The predicted octanol–water partition coefficient (Wildman–Crippen LogP) is 7.09. The van der Waals surface area contributed by atoms with Crippen molar-refractivity contribution in [2.75, 3.05) is 6.61 Å². The number of nitrogens with zero attached hydrogens (tertiary/aromatic N) is 2. The minimum atomic E-state index is -0.639. The number of ether oxygens (including phenoxy) is 2. The number of aliphatic hydroxyl groups excluding tert-OH is 1. The van der Waals surface area contributed by atoms with E-state index in [1.807, 2.05) is 54.6 Å². The molecule has 8 heteroatoms. The van der Waals surface area contributed by atoms with Gasteiger partial charge in [0.15, 0.2) is 0 Å². The Labute approximate surface area is 221 Å². The fourth-order valence-electron chi connectivity index (χ4n) is 3.43. The summed E-state index contributed by atoms with van der Waals surface area (Å²) in [7, 11) is 0. The van der Waals surface area contributed by atoms with Crippen LogP contribution in [0, 0.1) is 11.3 Å². The van der Waals surface area contributed by atoms with Gasteiger partial charge >= 0.3 is 5.97 Å². The largest absolute Gasteiger partial charge is 0.506 e. The number of benzene rings is 3. The molecule has 0 radical (unpaired) electrons. The molecule has 0 fully saturated rings. The van der Waals surface area contributed by atoms with E-state index in [-0.39, 0.29) is 24.5 Å². The first-order valence-electron chi connectivity index (χ1n) is 11.0. The lowest BCUT2D eigenvalue weighted by molar-refractivity contribution is -0.138. The van der Waals surface area contributed by atoms with Crippen LogP contribution in [0.3, 0.4) is 0 Å². The number of hydrogen-bond acceptors (Lipinski definition) is 7. The van der Waals surface area contributed by atoms with E-state index >= 15 is 0 Å². The van der Waals surface area contributed by atoms with Crippen LogP contribution in [0.15, 0.2) is 98.5 Å². The number of aliphatic hydroxyl groups is 1. The maximum Gasteiger partial charge on any atom is 0.344 e. The normalized spacial score (nSPS) is 15.2. The quantitative estimate of drug-likeness (QED) is 0.310. The molecule has 36 heavy (non-hydrogen) atoms. The molecular weight excluding hydrogens is 540 g/mol. The Morgan fingerprint density at radius 1 is 1.14 bits per heavy atom. The van der Waals surface area contributed by atoms with Crippen LogP contribution in [0.2, 0.25) is 0 Å². The fraction of sp³-hybridized carbons (Fsp3) is 0.107. The molecule has 0 bridgehead atoms. The molecule has 3 aromatic carbocycles. The Bertz CT molecular complexity index is 1420. The number of carbonyl (C=O) groups is 1. The summed E-state index contributed by atoms with van der Waals surface area (Å²) in [4.78, 5) is 17.7. The molecule has 1 aliphatic heterocycles. The van der Waals surface area contributed by atoms with Crippen LogP contribution in [-0.4, -0.2) is 22.7 Å². The molecule has 3 aromatic rings. The van der Waals surface area contributed by atoms with Gasteiger partial charge in [-0.15, -0.1) is 0 Å². The average Bonchev–Trinajstić information content (AvgIpc) is 3.18. The second-order valence-electron chi connectivity index (χ2n) is 7.55. The van der Waals surface area contributed by atoms with E-state index in [9.17, 15) is 15.2 Å². The summed E-state index contributed by atoms with van der Waals surface area (Å²) < 4.78 is 12.0. The van der Waals surface area contributed by atoms with E-state index in [0.717, 1.165) is 10.0 Å². The van der Waals surface area contributed by atoms with Crippen LogP contribution in [-0.2, 0) is 16.1 Å². The van der Waals surface area contributed by atoms with Crippen molar-refractivity contribution >= 4 is 50.5 Å². The lowest BCUT2D eigenvalue weighted by atomic mass is 10.1. The first-order chi connectivity index (χ1) is 17.5. The van der Waals surface area contributed by atoms with Crippen molar-refractivity contribution in [2.24, 2.45) is 4.99 Å². The third-order valence-corrected chi connectivity index (χ3v) is 6.65. The van der Waals surface area contributed by atoms with Crippen molar-refractivity contribution in [3.63, 3.8) is 0 Å². The van der Waals surface area contributed by atoms with Crippen molar-refractivity contribution in [1.29, 1.82) is 5.26 Å². The summed E-state index contributed by atoms with van der Waals surface area (Å²) in [6.45, 7) is 2.08. The number of thioether (sulfide) groups is 1. The van der Waals surface area contributed by atoms with Crippen LogP contribution in [0.25, 0.3) is 6.08 Å². The Morgan fingerprint density at radius 3 is 2.64 bits per heavy atom. The molecule has 1 N–H and O–H groups in total. The van der Waals surface area contributed by atoms with Gasteiger partial charge in [0.1, 0.15) is 28.7 Å². The molecule has 0 aliphatic carbocycles. The van der Waals surface area contributed by atoms with Crippen LogP contribution in [0.5, 0.6) is 5.75 Å². The number of para-hydroxylation sites is 1. The molecule has 180 valence electrons. The summed E-state index contributed by atoms with van der Waals surface area (Å²) in [5.41, 5.74) is 2.66. The molecule has 6 nitrogen and oxygen atoms in total. The number of rotatable bonds is 7. The maximum absolute atomic E-state index is 12.7. The molecule has 0 amide bonds. The molecule has 0 saturated carbocycles. The predicted molar refractivity (Wildman–Crippen MR) is 145 cm³/mol. The number of carbonyl (C=O) groups excluding carboxylic acids is 1. The van der Waals surface area contributed by atoms with Gasteiger partial charge in [-0.3, -0.25) is 0 Å². The van der Waals surface area contributed by atoms with E-state index in [4.69, 9.17) is 9.47 Å². The highest BCUT2D eigenvalue weighted by Gasteiger charge is 2.33. The Morgan fingerprint density at radius 2 is 1.89 bits per heavy atom. The number of aliphatic imine (C=N–C) groups is 1. The smallest absolute Gasteiger partial charge is 0.344 e. The topological polar surface area (TPSA) is 91.9 Å². The third kappa shape index (κ3) is 5.88. The molecule has 1 heterocycles. The highest BCUT2D eigenvalue weighted by Crippen LogP contribution is 2.41. The minimum Gasteiger partial charge on any atom is -0.506 e. The van der Waals surface area contributed by atoms with Crippen LogP contribution in [0.1, 0.15) is 23.6 Å². The van der Waals surface area contributed by atoms with Gasteiger partial charge in [-0.1, -0.05) is 64.1 Å². The van der Waals surface area contributed by atoms with Crippen molar-refractivity contribution in [1.82, 2.24) is 0 Å². The Hall–Kier alpha value is -3.80. The summed E-state index contributed by atoms with van der Waals surface area (Å²) in [6.07, 6.45) is 1.74. The lowest BCUT2D eigenvalue weighted by Crippen LogP contribution is -2.12. The molecule has 0 saturated heterocycles. The molecule has 1 aliphatic rings. The third-order valence-electron chi connectivity index (χ3n) is 5.14. The number of nitriles is 1. The van der Waals surface area contributed by atoms with Gasteiger partial charge in [0.25, 0.3) is 0 Å². The molecule has 0 atom stereocenters. The first kappa shape index (κ1) is 25.3. The van der Waals surface area contributed by atoms with Crippen molar-refractivity contribution in [3.05, 3.63) is 110 Å². The maximum atomic E-state index is 12.7. The SMILES string of the molecule is CCOC(=O)C1=C(O)/C(=C/c2cc(Br)ccc2OCc2ccccc2C#N)SC1=Nc1ccccc1. The monoisotopic (exact) mass is 560 g/mol. The van der Waals surface area contributed by atoms with E-state index in [0.29, 0.717) is 32.5 Å². The van der Waals surface area contributed by atoms with Gasteiger partial charge in [0, 0.05) is 15.6 Å². The summed E-state index contributed by atoms with van der Waals surface area (Å²) in [5, 5.41) is 20.7. The number of halogens is 1. The molecule has 0 aromatic heterocycles. The average molecular weight is 561 g/mol. The number of hydrogen-bond donors (Lipinski definition) is 1. The van der Waals surface area contributed by atoms with Crippen molar-refractivity contribution in [2.45, 2.75) is 13.5 Å². The van der Waals surface area contributed by atoms with E-state index in [2.05, 4.69) is 27.0 Å². The first-order valence-corrected chi connectivity index (χ1v) is 12.7. The van der Waals surface area contributed by atoms with Crippen LogP contribution in [0.4, 0.5) is 5.69 Å². The zero-order valence-electron chi connectivity index (χ0n) is 19.3. The van der Waals surface area contributed by atoms with Crippen LogP contribution >= 0.6 is 27.7 Å². The molecule has 4 rings (SSSR count). The number of esters is 1. The van der Waals surface area contributed by atoms with Gasteiger partial charge < -0.3 is 14.6 Å². The Balaban J connectivity index is 1.70. The van der Waals surface area contributed by atoms with Gasteiger partial charge in [-0.2, -0.15) is 5.26 Å². The second-order valence-corrected chi connectivity index (χ2v) is 9.49. The van der Waals surface area contributed by atoms with Gasteiger partial charge in [-0.25, -0.2) is 9.79 Å². The Kier molecular flexibility index (Phi) is 8.26. The van der Waals surface area contributed by atoms with E-state index in [1.165, 1.54) is 11.8 Å². The molecular formula is C28H21BrN2O4S. The van der Waals surface area contributed by atoms with Crippen molar-refractivity contribution in [3.8, 4) is 11.8 Å². The van der Waals surface area contributed by atoms with Gasteiger partial charge in [0.05, 0.1) is 28.8 Å². The second kappa shape index (κ2) is 11.8. The standard InChI is InChI=1S/C28H21BrN2O4S/c1-2-34-28(33)25-26(32)24(36-27(25)31-22-10-4-3-5-11-22)15-20-14-21(29)12-13-23(20)35-17-19-9-7-6-8-18(19)16-30/h3-15,32H,2,17H2,1H3/b24-15-,31-27?. The summed E-state index contributed by atoms with van der Waals surface area (Å²) >= 11 is 4.66. The van der Waals surface area contributed by atoms with Crippen LogP contribution < -0.4 is 4.74 Å². The summed E-state index contributed by atoms with van der Waals surface area (Å²) in [5.74, 6) is -0.286.